The number of likely N-dealkylation sites (N-methyl/N-ethyl adjacent to an activating group) is 2. The fourth-order valence-corrected chi connectivity index (χ4v) is 5.66. The largest absolute Gasteiger partial charge is 0.367 e. The quantitative estimate of drug-likeness (QED) is 0.270. The van der Waals surface area contributed by atoms with Crippen molar-refractivity contribution in [3.05, 3.63) is 106 Å². The monoisotopic (exact) mass is 638 g/mol. The number of benzene rings is 3. The number of alkyl halides is 6. The lowest BCUT2D eigenvalue weighted by Gasteiger charge is -2.31. The Bertz CT molecular complexity index is 1220. The Labute approximate surface area is 260 Å². The lowest BCUT2D eigenvalue weighted by Crippen LogP contribution is -2.33. The summed E-state index contributed by atoms with van der Waals surface area (Å²) in [4.78, 5) is 0. The smallest absolute Gasteiger partial charge is 0.296 e. The Balaban J connectivity index is 0.000000154. The fourth-order valence-electron chi connectivity index (χ4n) is 5.66. The maximum atomic E-state index is 13.5. The third-order valence-electron chi connectivity index (χ3n) is 7.83. The van der Waals surface area contributed by atoms with Crippen molar-refractivity contribution in [2.45, 2.75) is 55.8 Å². The van der Waals surface area contributed by atoms with E-state index in [2.05, 4.69) is 10.6 Å². The van der Waals surface area contributed by atoms with Gasteiger partial charge in [0.25, 0.3) is 17.8 Å². The highest BCUT2D eigenvalue weighted by Crippen LogP contribution is 2.42. The molecule has 0 saturated carbocycles. The molecule has 246 valence electrons. The van der Waals surface area contributed by atoms with E-state index in [4.69, 9.17) is 14.2 Å². The molecule has 45 heavy (non-hydrogen) atoms. The molecule has 3 aliphatic heterocycles. The van der Waals surface area contributed by atoms with Gasteiger partial charge in [0.15, 0.2) is 0 Å². The van der Waals surface area contributed by atoms with Gasteiger partial charge in [-0.1, -0.05) is 86.1 Å². The maximum Gasteiger partial charge on any atom is 0.296 e. The van der Waals surface area contributed by atoms with Crippen molar-refractivity contribution in [1.82, 2.24) is 10.6 Å². The van der Waals surface area contributed by atoms with E-state index in [1.807, 2.05) is 6.92 Å². The van der Waals surface area contributed by atoms with E-state index < -0.39 is 37.6 Å². The average Bonchev–Trinajstić information content (AvgIpc) is 3.03. The molecule has 5 nitrogen and oxygen atoms in total. The van der Waals surface area contributed by atoms with E-state index >= 15 is 0 Å². The molecule has 3 heterocycles. The maximum absolute atomic E-state index is 13.5. The van der Waals surface area contributed by atoms with E-state index in [1.54, 1.807) is 68.7 Å². The first-order chi connectivity index (χ1) is 21.4. The Morgan fingerprint density at radius 3 is 1.20 bits per heavy atom. The number of hydrogen-bond acceptors (Lipinski definition) is 5. The molecule has 1 unspecified atom stereocenters. The van der Waals surface area contributed by atoms with Gasteiger partial charge < -0.3 is 24.8 Å². The van der Waals surface area contributed by atoms with Gasteiger partial charge in [0.2, 0.25) is 0 Å². The summed E-state index contributed by atoms with van der Waals surface area (Å²) in [5.41, 5.74) is 2.14. The Hall–Kier alpha value is -2.96. The molecule has 3 atom stereocenters. The highest BCUT2D eigenvalue weighted by Gasteiger charge is 2.42. The predicted octanol–water partition coefficient (Wildman–Crippen LogP) is 7.79. The summed E-state index contributed by atoms with van der Waals surface area (Å²) in [5, 5.41) is 5.87. The molecule has 0 fully saturated rings. The van der Waals surface area contributed by atoms with Gasteiger partial charge in [-0.3, -0.25) is 0 Å². The molecular formula is C34H40F6N2O3. The lowest BCUT2D eigenvalue weighted by atomic mass is 9.93. The fraction of sp³-hybridized carbons (Fsp3) is 0.471. The number of fused-ring (bicyclic) bond motifs is 3. The summed E-state index contributed by atoms with van der Waals surface area (Å²) in [6.45, 7) is 1.57. The standard InChI is InChI=1S/C12H14F2O.2C11H13F2NO/c1-2-5-11-9-6-3-4-7-10(9)12(13,14)8-15-11;2*1-14-6-10-8-4-2-3-5-9(8)11(12,13)7-15-10/h3-4,6-7,11H,2,5,8H2,1H3;2*2-5,10,14H,6-7H2,1H3/t;2*10-/m.10/s1. The molecule has 0 amide bonds. The van der Waals surface area contributed by atoms with Gasteiger partial charge in [0.05, 0.1) is 18.3 Å². The summed E-state index contributed by atoms with van der Waals surface area (Å²) in [5.74, 6) is -8.55. The van der Waals surface area contributed by atoms with Crippen LogP contribution < -0.4 is 10.6 Å². The molecular weight excluding hydrogens is 598 g/mol. The lowest BCUT2D eigenvalue weighted by molar-refractivity contribution is -0.126. The van der Waals surface area contributed by atoms with Crippen LogP contribution in [0.3, 0.4) is 0 Å². The first kappa shape index (κ1) is 34.9. The second kappa shape index (κ2) is 15.1. The van der Waals surface area contributed by atoms with E-state index in [0.29, 0.717) is 29.8 Å². The summed E-state index contributed by atoms with van der Waals surface area (Å²) in [6, 6.07) is 19.8. The van der Waals surface area contributed by atoms with Gasteiger partial charge >= 0.3 is 0 Å². The molecule has 3 aromatic rings. The van der Waals surface area contributed by atoms with Crippen molar-refractivity contribution in [1.29, 1.82) is 0 Å². The van der Waals surface area contributed by atoms with E-state index in [0.717, 1.165) is 12.8 Å². The first-order valence-corrected chi connectivity index (χ1v) is 15.0. The van der Waals surface area contributed by atoms with Crippen molar-refractivity contribution < 1.29 is 40.6 Å². The Morgan fingerprint density at radius 1 is 0.556 bits per heavy atom. The number of halogens is 6. The normalized spacial score (nSPS) is 23.5. The molecule has 0 radical (unpaired) electrons. The molecule has 3 aliphatic rings. The number of nitrogens with one attached hydrogen (secondary N) is 2. The van der Waals surface area contributed by atoms with Gasteiger partial charge in [0.1, 0.15) is 19.8 Å². The van der Waals surface area contributed by atoms with Crippen molar-refractivity contribution >= 4 is 0 Å². The SMILES string of the molecule is CCCC1OCC(F)(F)c2ccccc21.CNC[C@@H]1OCC(F)(F)c2ccccc21.CNC[C@H]1OCC(F)(F)c2ccccc21. The molecule has 6 rings (SSSR count). The summed E-state index contributed by atoms with van der Waals surface area (Å²) >= 11 is 0. The van der Waals surface area contributed by atoms with Gasteiger partial charge in [-0.25, -0.2) is 0 Å². The second-order valence-corrected chi connectivity index (χ2v) is 11.2. The van der Waals surface area contributed by atoms with Crippen LogP contribution in [0.15, 0.2) is 72.8 Å². The molecule has 2 N–H and O–H groups in total. The van der Waals surface area contributed by atoms with Crippen molar-refractivity contribution in [2.75, 3.05) is 47.0 Å². The topological polar surface area (TPSA) is 51.8 Å². The minimum absolute atomic E-state index is 0.0940. The number of rotatable bonds is 6. The molecule has 0 saturated heterocycles. The van der Waals surface area contributed by atoms with Gasteiger partial charge in [-0.2, -0.15) is 26.3 Å². The molecule has 3 aromatic carbocycles. The number of ether oxygens (including phenoxy) is 3. The number of hydrogen-bond donors (Lipinski definition) is 2. The third kappa shape index (κ3) is 8.26. The minimum atomic E-state index is -2.86. The summed E-state index contributed by atoms with van der Waals surface area (Å²) in [6.07, 6.45) is 1.03. The minimum Gasteiger partial charge on any atom is -0.367 e. The van der Waals surface area contributed by atoms with Crippen LogP contribution in [-0.4, -0.2) is 47.0 Å². The van der Waals surface area contributed by atoms with Crippen LogP contribution in [0, 0.1) is 0 Å². The second-order valence-electron chi connectivity index (χ2n) is 11.2. The average molecular weight is 639 g/mol. The Morgan fingerprint density at radius 2 is 0.867 bits per heavy atom. The highest BCUT2D eigenvalue weighted by atomic mass is 19.3. The van der Waals surface area contributed by atoms with E-state index in [-0.39, 0.29) is 35.0 Å². The summed E-state index contributed by atoms with van der Waals surface area (Å²) < 4.78 is 96.3. The zero-order valence-electron chi connectivity index (χ0n) is 25.6. The molecule has 0 aromatic heterocycles. The third-order valence-corrected chi connectivity index (χ3v) is 7.83. The zero-order valence-corrected chi connectivity index (χ0v) is 25.6. The van der Waals surface area contributed by atoms with Crippen molar-refractivity contribution in [3.8, 4) is 0 Å². The first-order valence-electron chi connectivity index (χ1n) is 15.0. The van der Waals surface area contributed by atoms with Gasteiger partial charge in [-0.05, 0) is 37.2 Å². The highest BCUT2D eigenvalue weighted by molar-refractivity contribution is 5.36. The van der Waals surface area contributed by atoms with Gasteiger partial charge in [0, 0.05) is 29.8 Å². The molecule has 0 spiro atoms. The van der Waals surface area contributed by atoms with Crippen LogP contribution >= 0.6 is 0 Å². The molecule has 0 bridgehead atoms. The molecule has 11 heteroatoms. The van der Waals surface area contributed by atoms with Crippen LogP contribution in [0.25, 0.3) is 0 Å². The summed E-state index contributed by atoms with van der Waals surface area (Å²) in [7, 11) is 3.55. The van der Waals surface area contributed by atoms with E-state index in [9.17, 15) is 26.3 Å². The van der Waals surface area contributed by atoms with Crippen LogP contribution in [0.1, 0.15) is 71.5 Å². The van der Waals surface area contributed by atoms with Crippen LogP contribution in [0.2, 0.25) is 0 Å². The predicted molar refractivity (Wildman–Crippen MR) is 160 cm³/mol. The van der Waals surface area contributed by atoms with Crippen LogP contribution in [0.5, 0.6) is 0 Å². The van der Waals surface area contributed by atoms with Crippen molar-refractivity contribution in [3.63, 3.8) is 0 Å². The van der Waals surface area contributed by atoms with Crippen LogP contribution in [-0.2, 0) is 32.0 Å². The van der Waals surface area contributed by atoms with Crippen LogP contribution in [0.4, 0.5) is 26.3 Å². The van der Waals surface area contributed by atoms with Crippen molar-refractivity contribution in [2.24, 2.45) is 0 Å². The van der Waals surface area contributed by atoms with Gasteiger partial charge in [-0.15, -0.1) is 0 Å². The molecule has 0 aliphatic carbocycles. The Kier molecular flexibility index (Phi) is 11.7. The van der Waals surface area contributed by atoms with E-state index in [1.165, 1.54) is 18.2 Å². The zero-order chi connectivity index (χ0) is 32.7.